The van der Waals surface area contributed by atoms with Crippen LogP contribution in [-0.4, -0.2) is 41.6 Å². The van der Waals surface area contributed by atoms with Crippen LogP contribution in [0.4, 0.5) is 4.79 Å². The molecule has 0 spiro atoms. The topological polar surface area (TPSA) is 69.6 Å². The van der Waals surface area contributed by atoms with Gasteiger partial charge in [-0.1, -0.05) is 30.3 Å². The first-order valence-electron chi connectivity index (χ1n) is 7.14. The van der Waals surface area contributed by atoms with Gasteiger partial charge in [-0.05, 0) is 30.4 Å². The molecule has 0 unspecified atom stereocenters. The van der Waals surface area contributed by atoms with Gasteiger partial charge < -0.3 is 15.3 Å². The molecule has 0 saturated carbocycles. The van der Waals surface area contributed by atoms with Crippen LogP contribution in [0.25, 0.3) is 6.08 Å². The molecule has 1 saturated heterocycles. The monoisotopic (exact) mass is 288 g/mol. The Morgan fingerprint density at radius 3 is 2.52 bits per heavy atom. The second-order valence-corrected chi connectivity index (χ2v) is 5.20. The van der Waals surface area contributed by atoms with Gasteiger partial charge in [0, 0.05) is 25.7 Å². The number of hydrogen-bond acceptors (Lipinski definition) is 2. The van der Waals surface area contributed by atoms with Gasteiger partial charge in [-0.15, -0.1) is 0 Å². The van der Waals surface area contributed by atoms with E-state index in [0.717, 1.165) is 18.4 Å². The molecule has 1 aliphatic heterocycles. The van der Waals surface area contributed by atoms with E-state index < -0.39 is 6.09 Å². The van der Waals surface area contributed by atoms with E-state index in [1.807, 2.05) is 30.3 Å². The summed E-state index contributed by atoms with van der Waals surface area (Å²) in [5, 5.41) is 11.7. The van der Waals surface area contributed by atoms with Crippen molar-refractivity contribution in [1.29, 1.82) is 0 Å². The fourth-order valence-electron chi connectivity index (χ4n) is 2.37. The number of nitrogens with one attached hydrogen (secondary N) is 1. The van der Waals surface area contributed by atoms with Crippen molar-refractivity contribution in [2.45, 2.75) is 12.8 Å². The fourth-order valence-corrected chi connectivity index (χ4v) is 2.37. The number of nitrogens with zero attached hydrogens (tertiary/aromatic N) is 1. The Bertz CT molecular complexity index is 506. The van der Waals surface area contributed by atoms with E-state index >= 15 is 0 Å². The molecule has 2 N–H and O–H groups in total. The first-order valence-corrected chi connectivity index (χ1v) is 7.14. The Morgan fingerprint density at radius 2 is 1.90 bits per heavy atom. The first kappa shape index (κ1) is 15.1. The number of carbonyl (C=O) groups is 2. The molecule has 1 aliphatic rings. The van der Waals surface area contributed by atoms with Crippen molar-refractivity contribution in [3.05, 3.63) is 42.0 Å². The van der Waals surface area contributed by atoms with E-state index in [4.69, 9.17) is 5.11 Å². The fraction of sp³-hybridized carbons (Fsp3) is 0.375. The van der Waals surface area contributed by atoms with Crippen LogP contribution in [0.3, 0.4) is 0 Å². The molecule has 1 aromatic carbocycles. The van der Waals surface area contributed by atoms with Gasteiger partial charge in [0.15, 0.2) is 0 Å². The Labute approximate surface area is 124 Å². The largest absolute Gasteiger partial charge is 0.465 e. The van der Waals surface area contributed by atoms with Crippen molar-refractivity contribution >= 4 is 18.1 Å². The van der Waals surface area contributed by atoms with Crippen molar-refractivity contribution in [2.24, 2.45) is 5.92 Å². The van der Waals surface area contributed by atoms with Crippen LogP contribution in [0.15, 0.2) is 36.4 Å². The molecular formula is C16H20N2O3. The van der Waals surface area contributed by atoms with Crippen LogP contribution in [0.2, 0.25) is 0 Å². The molecule has 1 fully saturated rings. The lowest BCUT2D eigenvalue weighted by atomic mass is 9.97. The summed E-state index contributed by atoms with van der Waals surface area (Å²) in [7, 11) is 0. The number of carboxylic acid groups (broad SMARTS) is 1. The molecular weight excluding hydrogens is 268 g/mol. The van der Waals surface area contributed by atoms with E-state index in [1.165, 1.54) is 11.0 Å². The van der Waals surface area contributed by atoms with Gasteiger partial charge in [-0.2, -0.15) is 0 Å². The summed E-state index contributed by atoms with van der Waals surface area (Å²) in [6, 6.07) is 9.65. The highest BCUT2D eigenvalue weighted by atomic mass is 16.4. The molecule has 5 heteroatoms. The van der Waals surface area contributed by atoms with Gasteiger partial charge in [0.1, 0.15) is 0 Å². The van der Waals surface area contributed by atoms with Crippen molar-refractivity contribution < 1.29 is 14.7 Å². The lowest BCUT2D eigenvalue weighted by Crippen LogP contribution is -2.40. The Morgan fingerprint density at radius 1 is 1.24 bits per heavy atom. The summed E-state index contributed by atoms with van der Waals surface area (Å²) in [6.45, 7) is 1.71. The average molecular weight is 288 g/mol. The number of rotatable bonds is 4. The molecule has 1 aromatic rings. The quantitative estimate of drug-likeness (QED) is 0.835. The number of carbonyl (C=O) groups excluding carboxylic acids is 1. The maximum absolute atomic E-state index is 11.7. The summed E-state index contributed by atoms with van der Waals surface area (Å²) in [4.78, 5) is 23.9. The molecule has 112 valence electrons. The van der Waals surface area contributed by atoms with Crippen LogP contribution in [0.5, 0.6) is 0 Å². The molecule has 0 atom stereocenters. The van der Waals surface area contributed by atoms with Crippen molar-refractivity contribution in [3.63, 3.8) is 0 Å². The Kier molecular flexibility index (Phi) is 5.37. The highest BCUT2D eigenvalue weighted by Gasteiger charge is 2.22. The normalized spacial score (nSPS) is 16.1. The zero-order chi connectivity index (χ0) is 15.1. The molecule has 0 radical (unpaired) electrons. The minimum Gasteiger partial charge on any atom is -0.465 e. The highest BCUT2D eigenvalue weighted by molar-refractivity contribution is 5.91. The van der Waals surface area contributed by atoms with Gasteiger partial charge in [-0.25, -0.2) is 4.79 Å². The summed E-state index contributed by atoms with van der Waals surface area (Å²) in [5.41, 5.74) is 0.988. The zero-order valence-corrected chi connectivity index (χ0v) is 11.9. The predicted octanol–water partition coefficient (Wildman–Crippen LogP) is 2.21. The van der Waals surface area contributed by atoms with E-state index in [0.29, 0.717) is 25.6 Å². The van der Waals surface area contributed by atoms with Crippen LogP contribution in [-0.2, 0) is 4.79 Å². The molecule has 0 bridgehead atoms. The minimum atomic E-state index is -0.858. The molecule has 5 nitrogen and oxygen atoms in total. The van der Waals surface area contributed by atoms with Crippen LogP contribution in [0.1, 0.15) is 18.4 Å². The summed E-state index contributed by atoms with van der Waals surface area (Å²) in [6.07, 6.45) is 4.05. The van der Waals surface area contributed by atoms with Crippen LogP contribution < -0.4 is 5.32 Å². The zero-order valence-electron chi connectivity index (χ0n) is 11.9. The van der Waals surface area contributed by atoms with Crippen LogP contribution >= 0.6 is 0 Å². The first-order chi connectivity index (χ1) is 10.1. The second kappa shape index (κ2) is 7.47. The van der Waals surface area contributed by atoms with E-state index in [2.05, 4.69) is 5.32 Å². The van der Waals surface area contributed by atoms with Gasteiger partial charge in [0.2, 0.25) is 5.91 Å². The maximum atomic E-state index is 11.7. The minimum absolute atomic E-state index is 0.112. The standard InChI is InChI=1S/C16H20N2O3/c19-15(7-6-13-4-2-1-3-5-13)17-12-14-8-10-18(11-9-14)16(20)21/h1-7,14H,8-12H2,(H,17,19)(H,20,21). The van der Waals surface area contributed by atoms with E-state index in [-0.39, 0.29) is 5.91 Å². The third-order valence-electron chi connectivity index (χ3n) is 3.68. The SMILES string of the molecule is O=C(C=Cc1ccccc1)NCC1CCN(C(=O)O)CC1. The summed E-state index contributed by atoms with van der Waals surface area (Å²) >= 11 is 0. The number of hydrogen-bond donors (Lipinski definition) is 2. The maximum Gasteiger partial charge on any atom is 0.407 e. The Balaban J connectivity index is 1.70. The van der Waals surface area contributed by atoms with E-state index in [9.17, 15) is 9.59 Å². The van der Waals surface area contributed by atoms with Gasteiger partial charge in [-0.3, -0.25) is 4.79 Å². The van der Waals surface area contributed by atoms with Crippen molar-refractivity contribution in [2.75, 3.05) is 19.6 Å². The second-order valence-electron chi connectivity index (χ2n) is 5.20. The smallest absolute Gasteiger partial charge is 0.407 e. The summed E-state index contributed by atoms with van der Waals surface area (Å²) < 4.78 is 0. The third-order valence-corrected chi connectivity index (χ3v) is 3.68. The van der Waals surface area contributed by atoms with Gasteiger partial charge in [0.05, 0.1) is 0 Å². The Hall–Kier alpha value is -2.30. The average Bonchev–Trinajstić information content (AvgIpc) is 2.52. The molecule has 0 aromatic heterocycles. The third kappa shape index (κ3) is 4.95. The van der Waals surface area contributed by atoms with Gasteiger partial charge in [0.25, 0.3) is 0 Å². The molecule has 2 amide bonds. The number of benzene rings is 1. The number of amides is 2. The van der Waals surface area contributed by atoms with Gasteiger partial charge >= 0.3 is 6.09 Å². The van der Waals surface area contributed by atoms with Crippen molar-refractivity contribution in [3.8, 4) is 0 Å². The predicted molar refractivity (Wildman–Crippen MR) is 80.8 cm³/mol. The molecule has 2 rings (SSSR count). The molecule has 1 heterocycles. The van der Waals surface area contributed by atoms with Crippen molar-refractivity contribution in [1.82, 2.24) is 10.2 Å². The highest BCUT2D eigenvalue weighted by Crippen LogP contribution is 2.16. The lowest BCUT2D eigenvalue weighted by molar-refractivity contribution is -0.116. The number of likely N-dealkylation sites (tertiary alicyclic amines) is 1. The molecule has 0 aliphatic carbocycles. The summed E-state index contributed by atoms with van der Waals surface area (Å²) in [5.74, 6) is 0.245. The molecule has 21 heavy (non-hydrogen) atoms. The van der Waals surface area contributed by atoms with E-state index in [1.54, 1.807) is 6.08 Å². The van der Waals surface area contributed by atoms with Crippen LogP contribution in [0, 0.1) is 5.92 Å². The number of piperidine rings is 1. The lowest BCUT2D eigenvalue weighted by Gasteiger charge is -2.29.